The first-order chi connectivity index (χ1) is 8.61. The molecule has 0 radical (unpaired) electrons. The minimum Gasteiger partial charge on any atom is -0.389 e. The molecule has 0 aromatic heterocycles. The normalized spacial score (nSPS) is 11.2. The van der Waals surface area contributed by atoms with Crippen molar-refractivity contribution >= 4 is 11.6 Å². The molecule has 1 aromatic rings. The van der Waals surface area contributed by atoms with Crippen LogP contribution in [0.25, 0.3) is 0 Å². The molecule has 0 heterocycles. The first-order valence-corrected chi connectivity index (χ1v) is 5.57. The van der Waals surface area contributed by atoms with E-state index in [1.54, 1.807) is 0 Å². The zero-order valence-corrected chi connectivity index (χ0v) is 10.9. The Morgan fingerprint density at radius 2 is 2.11 bits per heavy atom. The van der Waals surface area contributed by atoms with Gasteiger partial charge < -0.3 is 10.4 Å². The average molecular weight is 270 g/mol. The number of benzene rings is 1. The van der Waals surface area contributed by atoms with Gasteiger partial charge in [-0.3, -0.25) is 14.9 Å². The molecule has 0 bridgehead atoms. The number of amides is 1. The van der Waals surface area contributed by atoms with Crippen LogP contribution in [0.1, 0.15) is 29.8 Å². The molecule has 0 spiro atoms. The molecule has 7 heteroatoms. The smallest absolute Gasteiger partial charge is 0.270 e. The largest absolute Gasteiger partial charge is 0.389 e. The Labute approximate surface area is 109 Å². The van der Waals surface area contributed by atoms with Gasteiger partial charge in [0.1, 0.15) is 5.82 Å². The minimum atomic E-state index is -1.15. The van der Waals surface area contributed by atoms with Gasteiger partial charge in [-0.05, 0) is 26.3 Å². The summed E-state index contributed by atoms with van der Waals surface area (Å²) in [7, 11) is 0. The summed E-state index contributed by atoms with van der Waals surface area (Å²) in [4.78, 5) is 21.7. The Kier molecular flexibility index (Phi) is 4.21. The zero-order valence-electron chi connectivity index (χ0n) is 10.9. The molecule has 2 N–H and O–H groups in total. The van der Waals surface area contributed by atoms with E-state index >= 15 is 0 Å². The fourth-order valence-corrected chi connectivity index (χ4v) is 1.41. The predicted octanol–water partition coefficient (Wildman–Crippen LogP) is 1.54. The Morgan fingerprint density at radius 3 is 2.58 bits per heavy atom. The van der Waals surface area contributed by atoms with Gasteiger partial charge in [-0.25, -0.2) is 4.39 Å². The van der Waals surface area contributed by atoms with E-state index in [2.05, 4.69) is 5.32 Å². The Morgan fingerprint density at radius 1 is 1.53 bits per heavy atom. The number of nitrogens with one attached hydrogen (secondary N) is 1. The van der Waals surface area contributed by atoms with Gasteiger partial charge in [0.25, 0.3) is 11.6 Å². The quantitative estimate of drug-likeness (QED) is 0.641. The maximum atomic E-state index is 13.8. The number of carbonyl (C=O) groups excluding carboxylic acids is 1. The molecule has 19 heavy (non-hydrogen) atoms. The van der Waals surface area contributed by atoms with Crippen LogP contribution in [0.5, 0.6) is 0 Å². The third-order valence-corrected chi connectivity index (χ3v) is 2.38. The van der Waals surface area contributed by atoms with Crippen molar-refractivity contribution in [3.05, 3.63) is 39.2 Å². The van der Waals surface area contributed by atoms with Gasteiger partial charge in [-0.1, -0.05) is 0 Å². The zero-order chi connectivity index (χ0) is 14.8. The maximum absolute atomic E-state index is 13.8. The summed E-state index contributed by atoms with van der Waals surface area (Å²) in [6.07, 6.45) is 0. The molecule has 104 valence electrons. The van der Waals surface area contributed by atoms with Gasteiger partial charge >= 0.3 is 0 Å². The molecule has 0 aliphatic heterocycles. The second-order valence-electron chi connectivity index (χ2n) is 4.88. The number of aliphatic hydroxyl groups is 1. The van der Waals surface area contributed by atoms with Gasteiger partial charge in [0.05, 0.1) is 16.1 Å². The summed E-state index contributed by atoms with van der Waals surface area (Å²) in [6.45, 7) is 4.20. The minimum absolute atomic E-state index is 0.0163. The lowest BCUT2D eigenvalue weighted by Gasteiger charge is -2.17. The molecule has 0 saturated heterocycles. The third-order valence-electron chi connectivity index (χ3n) is 2.38. The van der Waals surface area contributed by atoms with E-state index in [0.29, 0.717) is 0 Å². The first kappa shape index (κ1) is 15.0. The number of halogens is 1. The van der Waals surface area contributed by atoms with Crippen LogP contribution in [0.2, 0.25) is 0 Å². The van der Waals surface area contributed by atoms with Crippen molar-refractivity contribution in [2.45, 2.75) is 26.4 Å². The number of carbonyl (C=O) groups is 1. The van der Waals surface area contributed by atoms with Crippen molar-refractivity contribution in [1.29, 1.82) is 0 Å². The molecule has 0 aliphatic carbocycles. The van der Waals surface area contributed by atoms with Crippen LogP contribution < -0.4 is 5.32 Å². The van der Waals surface area contributed by atoms with E-state index in [9.17, 15) is 24.4 Å². The SMILES string of the molecule is Cc1cc([N+](=O)[O-])cc(C(=O)NCC(C)(C)O)c1F. The maximum Gasteiger partial charge on any atom is 0.270 e. The van der Waals surface area contributed by atoms with Gasteiger partial charge in [0, 0.05) is 18.7 Å². The van der Waals surface area contributed by atoms with Gasteiger partial charge in [-0.15, -0.1) is 0 Å². The van der Waals surface area contributed by atoms with Crippen LogP contribution in [0.4, 0.5) is 10.1 Å². The van der Waals surface area contributed by atoms with Crippen molar-refractivity contribution in [3.63, 3.8) is 0 Å². The standard InChI is InChI=1S/C12H15FN2O4/c1-7-4-8(15(18)19)5-9(10(7)13)11(16)14-6-12(2,3)17/h4-5,17H,6H2,1-3H3,(H,14,16). The third kappa shape index (κ3) is 3.99. The van der Waals surface area contributed by atoms with Crippen molar-refractivity contribution in [1.82, 2.24) is 5.32 Å². The highest BCUT2D eigenvalue weighted by Crippen LogP contribution is 2.21. The lowest BCUT2D eigenvalue weighted by Crippen LogP contribution is -2.38. The number of nitro groups is 1. The topological polar surface area (TPSA) is 92.5 Å². The second-order valence-corrected chi connectivity index (χ2v) is 4.88. The van der Waals surface area contributed by atoms with E-state index in [1.807, 2.05) is 0 Å². The van der Waals surface area contributed by atoms with Gasteiger partial charge in [-0.2, -0.15) is 0 Å². The molecule has 0 saturated carbocycles. The van der Waals surface area contributed by atoms with E-state index in [0.717, 1.165) is 12.1 Å². The van der Waals surface area contributed by atoms with Crippen molar-refractivity contribution in [2.24, 2.45) is 0 Å². The molecule has 0 fully saturated rings. The van der Waals surface area contributed by atoms with Crippen molar-refractivity contribution < 1.29 is 19.2 Å². The molecule has 0 aliphatic rings. The van der Waals surface area contributed by atoms with E-state index in [1.165, 1.54) is 20.8 Å². The summed E-state index contributed by atoms with van der Waals surface area (Å²) in [5.41, 5.74) is -1.90. The highest BCUT2D eigenvalue weighted by atomic mass is 19.1. The number of nitrogens with zero attached hydrogens (tertiary/aromatic N) is 1. The number of hydrogen-bond acceptors (Lipinski definition) is 4. The Balaban J connectivity index is 3.05. The fraction of sp³-hybridized carbons (Fsp3) is 0.417. The van der Waals surface area contributed by atoms with E-state index in [4.69, 9.17) is 0 Å². The average Bonchev–Trinajstić information content (AvgIpc) is 2.28. The summed E-state index contributed by atoms with van der Waals surface area (Å²) < 4.78 is 13.8. The summed E-state index contributed by atoms with van der Waals surface area (Å²) >= 11 is 0. The van der Waals surface area contributed by atoms with Crippen LogP contribution >= 0.6 is 0 Å². The lowest BCUT2D eigenvalue weighted by atomic mass is 10.1. The summed E-state index contributed by atoms with van der Waals surface area (Å²) in [6, 6.07) is 1.93. The number of rotatable bonds is 4. The Bertz CT molecular complexity index is 523. The highest BCUT2D eigenvalue weighted by Gasteiger charge is 2.21. The number of nitro benzene ring substituents is 1. The van der Waals surface area contributed by atoms with Crippen LogP contribution in [-0.2, 0) is 0 Å². The molecule has 6 nitrogen and oxygen atoms in total. The van der Waals surface area contributed by atoms with Crippen LogP contribution in [-0.4, -0.2) is 28.1 Å². The second kappa shape index (κ2) is 5.31. The lowest BCUT2D eigenvalue weighted by molar-refractivity contribution is -0.385. The van der Waals surface area contributed by atoms with E-state index in [-0.39, 0.29) is 17.8 Å². The van der Waals surface area contributed by atoms with Gasteiger partial charge in [0.2, 0.25) is 0 Å². The van der Waals surface area contributed by atoms with Crippen LogP contribution in [0.15, 0.2) is 12.1 Å². The van der Waals surface area contributed by atoms with Crippen molar-refractivity contribution in [3.8, 4) is 0 Å². The fourth-order valence-electron chi connectivity index (χ4n) is 1.41. The molecular weight excluding hydrogens is 255 g/mol. The van der Waals surface area contributed by atoms with Crippen LogP contribution in [0, 0.1) is 22.9 Å². The molecule has 1 amide bonds. The number of hydrogen-bond donors (Lipinski definition) is 2. The van der Waals surface area contributed by atoms with Crippen molar-refractivity contribution in [2.75, 3.05) is 6.54 Å². The summed E-state index contributed by atoms with van der Waals surface area (Å²) in [5.74, 6) is -1.61. The number of aryl methyl sites for hydroxylation is 1. The highest BCUT2D eigenvalue weighted by molar-refractivity contribution is 5.95. The van der Waals surface area contributed by atoms with Crippen LogP contribution in [0.3, 0.4) is 0 Å². The molecule has 0 atom stereocenters. The van der Waals surface area contributed by atoms with E-state index < -0.39 is 27.8 Å². The summed E-state index contributed by atoms with van der Waals surface area (Å²) in [5, 5.41) is 22.5. The predicted molar refractivity (Wildman–Crippen MR) is 66.4 cm³/mol. The first-order valence-electron chi connectivity index (χ1n) is 5.57. The molecule has 0 unspecified atom stereocenters. The monoisotopic (exact) mass is 270 g/mol. The van der Waals surface area contributed by atoms with Gasteiger partial charge in [0.15, 0.2) is 0 Å². The molecule has 1 aromatic carbocycles. The number of non-ortho nitro benzene ring substituents is 1. The molecule has 1 rings (SSSR count). The Hall–Kier alpha value is -2.02. The molecular formula is C12H15FN2O4.